The average Bonchev–Trinajstić information content (AvgIpc) is 2.74. The number of nitrogens with zero attached hydrogens (tertiary/aromatic N) is 1. The maximum Gasteiger partial charge on any atom is 0.416 e. The van der Waals surface area contributed by atoms with E-state index in [0.29, 0.717) is 36.2 Å². The summed E-state index contributed by atoms with van der Waals surface area (Å²) >= 11 is 6.05. The van der Waals surface area contributed by atoms with Crippen molar-refractivity contribution in [2.45, 2.75) is 64.5 Å². The van der Waals surface area contributed by atoms with Gasteiger partial charge < -0.3 is 10.0 Å². The first-order valence-corrected chi connectivity index (χ1v) is 11.7. The van der Waals surface area contributed by atoms with Crippen LogP contribution in [-0.4, -0.2) is 23.1 Å². The Bertz CT molecular complexity index is 1100. The van der Waals surface area contributed by atoms with Crippen molar-refractivity contribution in [3.8, 4) is 0 Å². The second-order valence-corrected chi connectivity index (χ2v) is 10.5. The number of aliphatic hydroxyl groups excluding tert-OH is 1. The summed E-state index contributed by atoms with van der Waals surface area (Å²) in [6, 6.07) is 4.31. The highest BCUT2D eigenvalue weighted by Gasteiger charge is 2.39. The summed E-state index contributed by atoms with van der Waals surface area (Å²) in [5, 5.41) is 11.2. The molecule has 0 radical (unpaired) electrons. The number of aliphatic hydroxyl groups is 1. The van der Waals surface area contributed by atoms with Crippen molar-refractivity contribution in [2.75, 3.05) is 7.05 Å². The molecule has 3 rings (SSSR count). The molecular weight excluding hydrogens is 511 g/mol. The van der Waals surface area contributed by atoms with Gasteiger partial charge in [-0.05, 0) is 84.7 Å². The topological polar surface area (TPSA) is 23.5 Å². The zero-order valence-electron chi connectivity index (χ0n) is 20.2. The number of halogens is 8. The predicted molar refractivity (Wildman–Crippen MR) is 125 cm³/mol. The van der Waals surface area contributed by atoms with E-state index < -0.39 is 47.0 Å². The van der Waals surface area contributed by atoms with Gasteiger partial charge in [-0.15, -0.1) is 0 Å². The lowest BCUT2D eigenvalue weighted by atomic mass is 9.74. The number of hydrogen-bond acceptors (Lipinski definition) is 2. The van der Waals surface area contributed by atoms with Crippen molar-refractivity contribution in [3.05, 3.63) is 75.2 Å². The molecule has 1 aliphatic carbocycles. The van der Waals surface area contributed by atoms with Crippen molar-refractivity contribution in [1.82, 2.24) is 4.90 Å². The summed E-state index contributed by atoms with van der Waals surface area (Å²) in [7, 11) is 1.61. The van der Waals surface area contributed by atoms with Crippen molar-refractivity contribution in [3.63, 3.8) is 0 Å². The minimum absolute atomic E-state index is 0.0303. The van der Waals surface area contributed by atoms with Crippen LogP contribution in [0.15, 0.2) is 42.1 Å². The van der Waals surface area contributed by atoms with Gasteiger partial charge in [0, 0.05) is 17.8 Å². The molecule has 0 aliphatic heterocycles. The predicted octanol–water partition coefficient (Wildman–Crippen LogP) is 8.49. The fourth-order valence-electron chi connectivity index (χ4n) is 4.52. The van der Waals surface area contributed by atoms with Crippen molar-refractivity contribution in [1.29, 1.82) is 0 Å². The van der Waals surface area contributed by atoms with Gasteiger partial charge in [0.2, 0.25) is 0 Å². The molecule has 10 heteroatoms. The second kappa shape index (κ2) is 9.89. The van der Waals surface area contributed by atoms with Crippen LogP contribution in [0, 0.1) is 11.2 Å². The van der Waals surface area contributed by atoms with Crippen molar-refractivity contribution < 1.29 is 35.8 Å². The molecule has 2 nitrogen and oxygen atoms in total. The highest BCUT2D eigenvalue weighted by atomic mass is 35.5. The third kappa shape index (κ3) is 6.35. The van der Waals surface area contributed by atoms with Gasteiger partial charge in [-0.3, -0.25) is 0 Å². The number of hydrogen-bond donors (Lipinski definition) is 1. The number of rotatable bonds is 5. The van der Waals surface area contributed by atoms with Crippen molar-refractivity contribution >= 4 is 17.2 Å². The molecule has 1 aliphatic rings. The molecule has 2 aromatic carbocycles. The lowest BCUT2D eigenvalue weighted by molar-refractivity contribution is -0.143. The van der Waals surface area contributed by atoms with Gasteiger partial charge in [-0.25, -0.2) is 4.39 Å². The quantitative estimate of drug-likeness (QED) is 0.387. The Hall–Kier alpha value is -2.26. The number of alkyl halides is 6. The van der Waals surface area contributed by atoms with E-state index in [1.165, 1.54) is 19.1 Å². The highest BCUT2D eigenvalue weighted by molar-refractivity contribution is 6.30. The maximum atomic E-state index is 14.1. The third-order valence-corrected chi connectivity index (χ3v) is 6.92. The highest BCUT2D eigenvalue weighted by Crippen LogP contribution is 2.45. The molecule has 0 bridgehead atoms. The summed E-state index contributed by atoms with van der Waals surface area (Å²) < 4.78 is 94.1. The summed E-state index contributed by atoms with van der Waals surface area (Å²) in [5.74, 6) is -0.534. The summed E-state index contributed by atoms with van der Waals surface area (Å²) in [6.45, 7) is 5.57. The first-order valence-electron chi connectivity index (χ1n) is 11.3. The molecule has 0 spiro atoms. The van der Waals surface area contributed by atoms with E-state index in [9.17, 15) is 35.8 Å². The van der Waals surface area contributed by atoms with Crippen LogP contribution in [0.2, 0.25) is 5.02 Å². The maximum absolute atomic E-state index is 14.1. The average molecular weight is 538 g/mol. The SMILES string of the molecule is C[C@@H]([C@H](O)c1cc(C(F)(F)F)cc(C(F)(F)F)c1)N(C)C1=C(c2cc(F)cc(Cl)c2)CCC(C)(C)C1. The largest absolute Gasteiger partial charge is 0.416 e. The molecule has 198 valence electrons. The molecule has 0 saturated heterocycles. The van der Waals surface area contributed by atoms with Crippen LogP contribution >= 0.6 is 11.6 Å². The van der Waals surface area contributed by atoms with Gasteiger partial charge >= 0.3 is 12.4 Å². The molecule has 2 aromatic rings. The van der Waals surface area contributed by atoms with Gasteiger partial charge in [0.15, 0.2) is 0 Å². The second-order valence-electron chi connectivity index (χ2n) is 10.1. The molecule has 0 saturated carbocycles. The summed E-state index contributed by atoms with van der Waals surface area (Å²) in [5.41, 5.74) is -1.64. The Morgan fingerprint density at radius 2 is 1.50 bits per heavy atom. The normalized spacial score (nSPS) is 18.2. The fraction of sp³-hybridized carbons (Fsp3) is 0.462. The minimum atomic E-state index is -5.02. The van der Waals surface area contributed by atoms with Crippen LogP contribution in [0.3, 0.4) is 0 Å². The minimum Gasteiger partial charge on any atom is -0.386 e. The standard InChI is InChI=1S/C26H27ClF7NO/c1-14(23(36)16-7-17(25(29,30)31)11-18(8-16)26(32,33)34)35(4)22-13-24(2,3)6-5-21(22)15-9-19(27)12-20(28)10-15/h7-12,14,23,36H,5-6,13H2,1-4H3/t14-,23-/m0/s1. The molecule has 0 heterocycles. The first kappa shape index (κ1) is 28.3. The Balaban J connectivity index is 2.07. The summed E-state index contributed by atoms with van der Waals surface area (Å²) in [6.07, 6.45) is -9.90. The van der Waals surface area contributed by atoms with Gasteiger partial charge in [-0.2, -0.15) is 26.3 Å². The van der Waals surface area contributed by atoms with Crippen LogP contribution in [-0.2, 0) is 12.4 Å². The molecule has 2 atom stereocenters. The first-order chi connectivity index (χ1) is 16.4. The van der Waals surface area contributed by atoms with Crippen LogP contribution in [0.4, 0.5) is 30.7 Å². The van der Waals surface area contributed by atoms with Crippen LogP contribution in [0.25, 0.3) is 5.57 Å². The number of likely N-dealkylation sites (N-methyl/N-ethyl adjacent to an activating group) is 1. The van der Waals surface area contributed by atoms with E-state index in [2.05, 4.69) is 0 Å². The smallest absolute Gasteiger partial charge is 0.386 e. The Morgan fingerprint density at radius 3 is 2.00 bits per heavy atom. The van der Waals surface area contributed by atoms with Gasteiger partial charge in [0.25, 0.3) is 0 Å². The van der Waals surface area contributed by atoms with E-state index in [0.717, 1.165) is 12.0 Å². The molecule has 0 fully saturated rings. The molecular formula is C26H27ClF7NO. The van der Waals surface area contributed by atoms with Crippen LogP contribution < -0.4 is 0 Å². The molecule has 0 amide bonds. The van der Waals surface area contributed by atoms with E-state index in [4.69, 9.17) is 11.6 Å². The number of benzene rings is 2. The monoisotopic (exact) mass is 537 g/mol. The van der Waals surface area contributed by atoms with Crippen LogP contribution in [0.1, 0.15) is 68.4 Å². The fourth-order valence-corrected chi connectivity index (χ4v) is 4.74. The van der Waals surface area contributed by atoms with Crippen molar-refractivity contribution in [2.24, 2.45) is 5.41 Å². The lowest BCUT2D eigenvalue weighted by Gasteiger charge is -2.41. The van der Waals surface area contributed by atoms with Crippen LogP contribution in [0.5, 0.6) is 0 Å². The Morgan fingerprint density at radius 1 is 0.944 bits per heavy atom. The molecule has 36 heavy (non-hydrogen) atoms. The van der Waals surface area contributed by atoms with E-state index >= 15 is 0 Å². The number of allylic oxidation sites excluding steroid dienone is 2. The van der Waals surface area contributed by atoms with E-state index in [1.807, 2.05) is 13.8 Å². The van der Waals surface area contributed by atoms with Gasteiger partial charge in [0.05, 0.1) is 23.3 Å². The Kier molecular flexibility index (Phi) is 7.78. The zero-order valence-corrected chi connectivity index (χ0v) is 20.9. The molecule has 0 unspecified atom stereocenters. The van der Waals surface area contributed by atoms with Gasteiger partial charge in [0.1, 0.15) is 5.82 Å². The Labute approximate surface area is 210 Å². The van der Waals surface area contributed by atoms with E-state index in [-0.39, 0.29) is 16.5 Å². The summed E-state index contributed by atoms with van der Waals surface area (Å²) in [4.78, 5) is 1.65. The zero-order chi connectivity index (χ0) is 27.2. The molecule has 0 aromatic heterocycles. The molecule has 1 N–H and O–H groups in total. The van der Waals surface area contributed by atoms with Gasteiger partial charge in [-0.1, -0.05) is 25.4 Å². The lowest BCUT2D eigenvalue weighted by Crippen LogP contribution is -2.37. The van der Waals surface area contributed by atoms with E-state index in [1.54, 1.807) is 18.0 Å². The third-order valence-electron chi connectivity index (χ3n) is 6.70.